The van der Waals surface area contributed by atoms with Crippen molar-refractivity contribution in [2.45, 2.75) is 37.8 Å². The summed E-state index contributed by atoms with van der Waals surface area (Å²) in [6, 6.07) is 0.696. The number of carbonyl (C=O) groups is 1. The van der Waals surface area contributed by atoms with E-state index < -0.39 is 0 Å². The summed E-state index contributed by atoms with van der Waals surface area (Å²) in [6.45, 7) is 4.94. The normalized spacial score (nSPS) is 34.7. The summed E-state index contributed by atoms with van der Waals surface area (Å²) >= 11 is 0. The lowest BCUT2D eigenvalue weighted by molar-refractivity contribution is -0.131. The number of likely N-dealkylation sites (tertiary alicyclic amines) is 1. The van der Waals surface area contributed by atoms with Crippen LogP contribution in [0.5, 0.6) is 0 Å². The quantitative estimate of drug-likeness (QED) is 0.778. The second kappa shape index (κ2) is 6.63. The standard InChI is InChI=1S/C16H28N2O3/c1-17(2)16(19)9-15-14-3-6-18(10-12(14)11-21-15)13-4-7-20-8-5-13/h12-15H,3-11H2,1-2H3/t12-,14-,15-/m0/s1. The molecule has 3 rings (SSSR count). The summed E-state index contributed by atoms with van der Waals surface area (Å²) in [7, 11) is 3.64. The summed E-state index contributed by atoms with van der Waals surface area (Å²) < 4.78 is 11.4. The zero-order valence-electron chi connectivity index (χ0n) is 13.3. The molecule has 0 aliphatic carbocycles. The van der Waals surface area contributed by atoms with Gasteiger partial charge in [-0.1, -0.05) is 0 Å². The molecule has 3 heterocycles. The summed E-state index contributed by atoms with van der Waals surface area (Å²) in [5, 5.41) is 0. The zero-order valence-corrected chi connectivity index (χ0v) is 13.3. The van der Waals surface area contributed by atoms with Crippen molar-refractivity contribution in [2.24, 2.45) is 11.8 Å². The molecule has 3 aliphatic heterocycles. The van der Waals surface area contributed by atoms with E-state index in [-0.39, 0.29) is 12.0 Å². The zero-order chi connectivity index (χ0) is 14.8. The van der Waals surface area contributed by atoms with Gasteiger partial charge in [0.15, 0.2) is 0 Å². The summed E-state index contributed by atoms with van der Waals surface area (Å²) in [4.78, 5) is 16.2. The molecule has 0 saturated carbocycles. The van der Waals surface area contributed by atoms with Crippen molar-refractivity contribution in [3.8, 4) is 0 Å². The van der Waals surface area contributed by atoms with Crippen molar-refractivity contribution in [2.75, 3.05) is 47.0 Å². The number of amides is 1. The smallest absolute Gasteiger partial charge is 0.224 e. The number of ether oxygens (including phenoxy) is 2. The minimum atomic E-state index is 0.140. The Bertz CT molecular complexity index is 369. The first-order valence-corrected chi connectivity index (χ1v) is 8.28. The Morgan fingerprint density at radius 3 is 2.71 bits per heavy atom. The van der Waals surface area contributed by atoms with Crippen LogP contribution in [0.4, 0.5) is 0 Å². The summed E-state index contributed by atoms with van der Waals surface area (Å²) in [6.07, 6.45) is 4.20. The van der Waals surface area contributed by atoms with Gasteiger partial charge in [0.2, 0.25) is 5.91 Å². The van der Waals surface area contributed by atoms with E-state index in [1.807, 2.05) is 14.1 Å². The molecule has 3 saturated heterocycles. The summed E-state index contributed by atoms with van der Waals surface area (Å²) in [5.41, 5.74) is 0. The van der Waals surface area contributed by atoms with Gasteiger partial charge in [0.05, 0.1) is 19.1 Å². The Balaban J connectivity index is 1.53. The van der Waals surface area contributed by atoms with E-state index in [0.29, 0.717) is 24.3 Å². The number of hydrogen-bond donors (Lipinski definition) is 0. The van der Waals surface area contributed by atoms with Crippen LogP contribution in [0.25, 0.3) is 0 Å². The molecule has 0 N–H and O–H groups in total. The van der Waals surface area contributed by atoms with Crippen LogP contribution < -0.4 is 0 Å². The van der Waals surface area contributed by atoms with Crippen molar-refractivity contribution < 1.29 is 14.3 Å². The SMILES string of the molecule is CN(C)C(=O)C[C@@H]1OC[C@@H]2CN(C3CCOCC3)CC[C@@H]21. The molecular formula is C16H28N2O3. The fourth-order valence-corrected chi connectivity index (χ4v) is 4.06. The molecule has 5 nitrogen and oxygen atoms in total. The van der Waals surface area contributed by atoms with Crippen LogP contribution in [0.3, 0.4) is 0 Å². The molecule has 21 heavy (non-hydrogen) atoms. The van der Waals surface area contributed by atoms with Crippen LogP contribution in [0.15, 0.2) is 0 Å². The third-order valence-electron chi connectivity index (χ3n) is 5.41. The van der Waals surface area contributed by atoms with Gasteiger partial charge >= 0.3 is 0 Å². The van der Waals surface area contributed by atoms with E-state index in [4.69, 9.17) is 9.47 Å². The first-order chi connectivity index (χ1) is 10.1. The van der Waals surface area contributed by atoms with Crippen LogP contribution in [-0.2, 0) is 14.3 Å². The fourth-order valence-electron chi connectivity index (χ4n) is 4.06. The lowest BCUT2D eigenvalue weighted by atomic mass is 9.82. The Labute approximate surface area is 127 Å². The van der Waals surface area contributed by atoms with E-state index in [9.17, 15) is 4.79 Å². The lowest BCUT2D eigenvalue weighted by Crippen LogP contribution is -2.48. The highest BCUT2D eigenvalue weighted by Crippen LogP contribution is 2.37. The molecule has 3 aliphatic rings. The van der Waals surface area contributed by atoms with Gasteiger partial charge in [-0.3, -0.25) is 9.69 Å². The van der Waals surface area contributed by atoms with Crippen molar-refractivity contribution in [1.29, 1.82) is 0 Å². The van der Waals surface area contributed by atoms with E-state index in [1.54, 1.807) is 4.90 Å². The predicted molar refractivity (Wildman–Crippen MR) is 80.1 cm³/mol. The summed E-state index contributed by atoms with van der Waals surface area (Å²) in [5.74, 6) is 1.37. The van der Waals surface area contributed by atoms with E-state index in [2.05, 4.69) is 4.90 Å². The molecule has 0 aromatic carbocycles. The van der Waals surface area contributed by atoms with E-state index in [0.717, 1.165) is 32.9 Å². The third-order valence-corrected chi connectivity index (χ3v) is 5.41. The second-order valence-corrected chi connectivity index (χ2v) is 6.92. The van der Waals surface area contributed by atoms with Crippen molar-refractivity contribution in [3.05, 3.63) is 0 Å². The molecule has 3 atom stereocenters. The van der Waals surface area contributed by atoms with Gasteiger partial charge in [-0.15, -0.1) is 0 Å². The van der Waals surface area contributed by atoms with E-state index in [1.165, 1.54) is 19.3 Å². The van der Waals surface area contributed by atoms with Crippen LogP contribution in [0.2, 0.25) is 0 Å². The van der Waals surface area contributed by atoms with Gasteiger partial charge < -0.3 is 14.4 Å². The number of carbonyl (C=O) groups excluding carboxylic acids is 1. The van der Waals surface area contributed by atoms with Gasteiger partial charge in [-0.2, -0.15) is 0 Å². The monoisotopic (exact) mass is 296 g/mol. The molecule has 120 valence electrons. The topological polar surface area (TPSA) is 42.0 Å². The highest BCUT2D eigenvalue weighted by molar-refractivity contribution is 5.76. The van der Waals surface area contributed by atoms with Gasteiger partial charge in [0, 0.05) is 45.8 Å². The molecule has 0 aromatic rings. The highest BCUT2D eigenvalue weighted by Gasteiger charge is 2.42. The lowest BCUT2D eigenvalue weighted by Gasteiger charge is -2.41. The Hall–Kier alpha value is -0.650. The van der Waals surface area contributed by atoms with Gasteiger partial charge in [0.25, 0.3) is 0 Å². The van der Waals surface area contributed by atoms with Crippen molar-refractivity contribution >= 4 is 5.91 Å². The average molecular weight is 296 g/mol. The minimum Gasteiger partial charge on any atom is -0.381 e. The Morgan fingerprint density at radius 1 is 1.24 bits per heavy atom. The molecule has 0 aromatic heterocycles. The maximum atomic E-state index is 11.9. The largest absolute Gasteiger partial charge is 0.381 e. The maximum absolute atomic E-state index is 11.9. The number of rotatable bonds is 3. The first-order valence-electron chi connectivity index (χ1n) is 8.28. The third kappa shape index (κ3) is 3.41. The van der Waals surface area contributed by atoms with Crippen molar-refractivity contribution in [1.82, 2.24) is 9.80 Å². The molecule has 1 amide bonds. The number of piperidine rings is 1. The molecule has 0 bridgehead atoms. The van der Waals surface area contributed by atoms with E-state index >= 15 is 0 Å². The molecule has 0 unspecified atom stereocenters. The maximum Gasteiger partial charge on any atom is 0.224 e. The molecular weight excluding hydrogens is 268 g/mol. The van der Waals surface area contributed by atoms with Crippen LogP contribution in [0.1, 0.15) is 25.7 Å². The minimum absolute atomic E-state index is 0.140. The first kappa shape index (κ1) is 15.3. The fraction of sp³-hybridized carbons (Fsp3) is 0.938. The number of nitrogens with zero attached hydrogens (tertiary/aromatic N) is 2. The number of hydrogen-bond acceptors (Lipinski definition) is 4. The Kier molecular flexibility index (Phi) is 4.82. The average Bonchev–Trinajstić information content (AvgIpc) is 2.90. The van der Waals surface area contributed by atoms with Crippen LogP contribution >= 0.6 is 0 Å². The van der Waals surface area contributed by atoms with Gasteiger partial charge in [-0.25, -0.2) is 0 Å². The van der Waals surface area contributed by atoms with Gasteiger partial charge in [0.1, 0.15) is 0 Å². The number of fused-ring (bicyclic) bond motifs is 1. The highest BCUT2D eigenvalue weighted by atomic mass is 16.5. The Morgan fingerprint density at radius 2 is 2.00 bits per heavy atom. The van der Waals surface area contributed by atoms with Crippen LogP contribution in [0, 0.1) is 11.8 Å². The van der Waals surface area contributed by atoms with Gasteiger partial charge in [-0.05, 0) is 31.7 Å². The van der Waals surface area contributed by atoms with Crippen molar-refractivity contribution in [3.63, 3.8) is 0 Å². The molecule has 5 heteroatoms. The molecule has 0 spiro atoms. The molecule has 3 fully saturated rings. The molecule has 0 radical (unpaired) electrons. The second-order valence-electron chi connectivity index (χ2n) is 6.92. The van der Waals surface area contributed by atoms with Crippen LogP contribution in [-0.4, -0.2) is 74.9 Å². The predicted octanol–water partition coefficient (Wildman–Crippen LogP) is 0.981.